The van der Waals surface area contributed by atoms with Gasteiger partial charge in [-0.25, -0.2) is 4.98 Å². The van der Waals surface area contributed by atoms with Gasteiger partial charge in [-0.1, -0.05) is 42.5 Å². The number of rotatable bonds is 4. The third-order valence-corrected chi connectivity index (χ3v) is 4.08. The summed E-state index contributed by atoms with van der Waals surface area (Å²) in [6.07, 6.45) is 1.63. The zero-order chi connectivity index (χ0) is 14.7. The molecule has 3 nitrogen and oxygen atoms in total. The number of benzene rings is 2. The Morgan fingerprint density at radius 1 is 1.05 bits per heavy atom. The van der Waals surface area contributed by atoms with Crippen LogP contribution in [0.1, 0.15) is 11.5 Å². The van der Waals surface area contributed by atoms with Gasteiger partial charge in [0, 0.05) is 12.5 Å². The monoisotopic (exact) mass is 296 g/mol. The first-order valence-electron chi connectivity index (χ1n) is 6.89. The highest BCUT2D eigenvalue weighted by molar-refractivity contribution is 7.80. The van der Waals surface area contributed by atoms with Crippen LogP contribution in [0.2, 0.25) is 0 Å². The number of fused-ring (bicyclic) bond motifs is 1. The van der Waals surface area contributed by atoms with Gasteiger partial charge < -0.3 is 0 Å². The number of hydrogen-bond donors (Lipinski definition) is 1. The van der Waals surface area contributed by atoms with Crippen molar-refractivity contribution in [1.29, 1.82) is 0 Å². The van der Waals surface area contributed by atoms with Crippen molar-refractivity contribution < 1.29 is 0 Å². The van der Waals surface area contributed by atoms with E-state index in [-0.39, 0.29) is 11.5 Å². The fraction of sp³-hybridized carbons (Fsp3) is 0.176. The zero-order valence-corrected chi connectivity index (χ0v) is 12.4. The van der Waals surface area contributed by atoms with E-state index in [1.807, 2.05) is 42.5 Å². The van der Waals surface area contributed by atoms with Crippen LogP contribution in [-0.2, 0) is 6.54 Å². The first-order chi connectivity index (χ1) is 10.3. The van der Waals surface area contributed by atoms with Gasteiger partial charge in [-0.2, -0.15) is 12.6 Å². The Kier molecular flexibility index (Phi) is 4.06. The van der Waals surface area contributed by atoms with Gasteiger partial charge in [-0.05, 0) is 23.4 Å². The van der Waals surface area contributed by atoms with Crippen molar-refractivity contribution in [1.82, 2.24) is 9.55 Å². The van der Waals surface area contributed by atoms with Gasteiger partial charge in [0.15, 0.2) is 0 Å². The maximum Gasteiger partial charge on any atom is 0.261 e. The van der Waals surface area contributed by atoms with Gasteiger partial charge in [-0.15, -0.1) is 0 Å². The first-order valence-corrected chi connectivity index (χ1v) is 7.53. The minimum Gasteiger partial charge on any atom is -0.298 e. The van der Waals surface area contributed by atoms with Crippen molar-refractivity contribution in [3.05, 3.63) is 76.8 Å². The second-order valence-electron chi connectivity index (χ2n) is 5.01. The molecule has 2 aromatic carbocycles. The molecule has 4 heteroatoms. The van der Waals surface area contributed by atoms with Crippen molar-refractivity contribution in [3.63, 3.8) is 0 Å². The van der Waals surface area contributed by atoms with Crippen LogP contribution in [0.5, 0.6) is 0 Å². The predicted octanol–water partition coefficient (Wildman–Crippen LogP) is 3.11. The Labute approximate surface area is 128 Å². The molecule has 0 N–H and O–H groups in total. The molecule has 0 amide bonds. The number of aromatic nitrogens is 2. The summed E-state index contributed by atoms with van der Waals surface area (Å²) in [5, 5.41) is 0.658. The summed E-state index contributed by atoms with van der Waals surface area (Å²) in [6.45, 7) is 0.587. The van der Waals surface area contributed by atoms with Gasteiger partial charge in [0.2, 0.25) is 0 Å². The highest BCUT2D eigenvalue weighted by Crippen LogP contribution is 2.18. The van der Waals surface area contributed by atoms with Crippen molar-refractivity contribution in [2.45, 2.75) is 12.5 Å². The SMILES string of the molecule is O=c1c2ccccc2ncn1CC(CS)c1ccccc1. The molecule has 1 heterocycles. The lowest BCUT2D eigenvalue weighted by Gasteiger charge is -2.16. The van der Waals surface area contributed by atoms with Crippen LogP contribution in [0.4, 0.5) is 0 Å². The predicted molar refractivity (Wildman–Crippen MR) is 89.0 cm³/mol. The minimum absolute atomic E-state index is 0.00307. The number of para-hydroxylation sites is 1. The smallest absolute Gasteiger partial charge is 0.261 e. The Hall–Kier alpha value is -2.07. The average Bonchev–Trinajstić information content (AvgIpc) is 2.55. The molecule has 1 atom stereocenters. The van der Waals surface area contributed by atoms with Crippen molar-refractivity contribution in [2.24, 2.45) is 0 Å². The molecule has 0 aliphatic carbocycles. The molecule has 0 saturated heterocycles. The fourth-order valence-electron chi connectivity index (χ4n) is 2.47. The second kappa shape index (κ2) is 6.14. The highest BCUT2D eigenvalue weighted by atomic mass is 32.1. The van der Waals surface area contributed by atoms with Crippen LogP contribution in [0, 0.1) is 0 Å². The molecule has 0 radical (unpaired) electrons. The lowest BCUT2D eigenvalue weighted by atomic mass is 10.0. The Morgan fingerprint density at radius 3 is 2.52 bits per heavy atom. The van der Waals surface area contributed by atoms with E-state index in [9.17, 15) is 4.79 Å². The van der Waals surface area contributed by atoms with Crippen LogP contribution in [0.25, 0.3) is 10.9 Å². The molecule has 106 valence electrons. The van der Waals surface area contributed by atoms with Crippen LogP contribution in [0.15, 0.2) is 65.7 Å². The topological polar surface area (TPSA) is 34.9 Å². The maximum absolute atomic E-state index is 12.5. The minimum atomic E-state index is 0.00307. The van der Waals surface area contributed by atoms with E-state index >= 15 is 0 Å². The van der Waals surface area contributed by atoms with Crippen LogP contribution >= 0.6 is 12.6 Å². The van der Waals surface area contributed by atoms with Crippen molar-refractivity contribution in [3.8, 4) is 0 Å². The number of thiol groups is 1. The van der Waals surface area contributed by atoms with Crippen molar-refractivity contribution >= 4 is 23.5 Å². The lowest BCUT2D eigenvalue weighted by Crippen LogP contribution is -2.24. The third-order valence-electron chi connectivity index (χ3n) is 3.64. The fourth-order valence-corrected chi connectivity index (χ4v) is 2.79. The van der Waals surface area contributed by atoms with E-state index in [1.54, 1.807) is 10.9 Å². The van der Waals surface area contributed by atoms with Crippen molar-refractivity contribution in [2.75, 3.05) is 5.75 Å². The van der Waals surface area contributed by atoms with E-state index < -0.39 is 0 Å². The molecule has 1 aromatic heterocycles. The average molecular weight is 296 g/mol. The Morgan fingerprint density at radius 2 is 1.76 bits per heavy atom. The number of hydrogen-bond acceptors (Lipinski definition) is 3. The quantitative estimate of drug-likeness (QED) is 0.751. The van der Waals surface area contributed by atoms with Crippen LogP contribution in [0.3, 0.4) is 0 Å². The highest BCUT2D eigenvalue weighted by Gasteiger charge is 2.12. The molecule has 0 aliphatic heterocycles. The molecule has 21 heavy (non-hydrogen) atoms. The van der Waals surface area contributed by atoms with Crippen LogP contribution in [-0.4, -0.2) is 15.3 Å². The Bertz CT molecular complexity index is 798. The summed E-state index contributed by atoms with van der Waals surface area (Å²) >= 11 is 4.43. The van der Waals surface area contributed by atoms with E-state index in [2.05, 4.69) is 29.7 Å². The van der Waals surface area contributed by atoms with Gasteiger partial charge in [0.1, 0.15) is 0 Å². The summed E-state index contributed by atoms with van der Waals surface area (Å²) in [5.74, 6) is 0.874. The lowest BCUT2D eigenvalue weighted by molar-refractivity contribution is 0.583. The van der Waals surface area contributed by atoms with Gasteiger partial charge >= 0.3 is 0 Å². The van der Waals surface area contributed by atoms with Crippen LogP contribution < -0.4 is 5.56 Å². The largest absolute Gasteiger partial charge is 0.298 e. The van der Waals surface area contributed by atoms with E-state index in [0.29, 0.717) is 17.7 Å². The van der Waals surface area contributed by atoms with E-state index in [1.165, 1.54) is 5.56 Å². The summed E-state index contributed by atoms with van der Waals surface area (Å²) in [4.78, 5) is 16.9. The second-order valence-corrected chi connectivity index (χ2v) is 5.37. The van der Waals surface area contributed by atoms with Gasteiger partial charge in [0.25, 0.3) is 5.56 Å². The van der Waals surface area contributed by atoms with Gasteiger partial charge in [0.05, 0.1) is 17.2 Å². The normalized spacial score (nSPS) is 12.4. The molecule has 0 saturated carbocycles. The van der Waals surface area contributed by atoms with E-state index in [0.717, 1.165) is 5.52 Å². The summed E-state index contributed by atoms with van der Waals surface area (Å²) in [5.41, 5.74) is 1.93. The molecule has 3 aromatic rings. The molecule has 0 bridgehead atoms. The van der Waals surface area contributed by atoms with E-state index in [4.69, 9.17) is 0 Å². The molecular weight excluding hydrogens is 280 g/mol. The molecule has 3 rings (SSSR count). The standard InChI is InChI=1S/C17H16N2OS/c20-17-15-8-4-5-9-16(15)18-12-19(17)10-14(11-21)13-6-2-1-3-7-13/h1-9,12,14,21H,10-11H2. The molecule has 0 fully saturated rings. The van der Waals surface area contributed by atoms with Gasteiger partial charge in [-0.3, -0.25) is 9.36 Å². The molecule has 0 aliphatic rings. The number of nitrogens with zero attached hydrogens (tertiary/aromatic N) is 2. The molecule has 0 spiro atoms. The summed E-state index contributed by atoms with van der Waals surface area (Å²) in [7, 11) is 0. The first kappa shape index (κ1) is 13.9. The summed E-state index contributed by atoms with van der Waals surface area (Å²) < 4.78 is 1.68. The molecular formula is C17H16N2OS. The summed E-state index contributed by atoms with van der Waals surface area (Å²) in [6, 6.07) is 17.6. The zero-order valence-electron chi connectivity index (χ0n) is 11.5. The maximum atomic E-state index is 12.5. The molecule has 1 unspecified atom stereocenters. The third kappa shape index (κ3) is 2.85. The Balaban J connectivity index is 1.97.